The highest BCUT2D eigenvalue weighted by molar-refractivity contribution is 5.24. The molecule has 0 saturated heterocycles. The Morgan fingerprint density at radius 1 is 1.67 bits per heavy atom. The smallest absolute Gasteiger partial charge is 0.391 e. The van der Waals surface area contributed by atoms with Gasteiger partial charge in [0.05, 0.1) is 18.6 Å². The summed E-state index contributed by atoms with van der Waals surface area (Å²) in [6.45, 7) is -0.383. The van der Waals surface area contributed by atoms with Gasteiger partial charge in [-0.05, 0) is 6.08 Å². The van der Waals surface area contributed by atoms with Crippen LogP contribution in [0.25, 0.3) is 0 Å². The molecule has 1 N–H and O–H groups in total. The minimum atomic E-state index is -1.82. The van der Waals surface area contributed by atoms with Crippen molar-refractivity contribution in [1.82, 2.24) is 0 Å². The molecule has 0 saturated carbocycles. The summed E-state index contributed by atoms with van der Waals surface area (Å²) >= 11 is 0. The lowest BCUT2D eigenvalue weighted by Crippen LogP contribution is -2.51. The van der Waals surface area contributed by atoms with Gasteiger partial charge in [-0.2, -0.15) is 0 Å². The summed E-state index contributed by atoms with van der Waals surface area (Å²) in [5, 5.41) is 20.2. The molecule has 15 heavy (non-hydrogen) atoms. The molecule has 1 aliphatic carbocycles. The van der Waals surface area contributed by atoms with E-state index in [0.717, 1.165) is 0 Å². The molecule has 0 spiro atoms. The molecule has 0 bridgehead atoms. The van der Waals surface area contributed by atoms with Crippen LogP contribution in [0.4, 0.5) is 0 Å². The third kappa shape index (κ3) is 1.62. The zero-order valence-electron chi connectivity index (χ0n) is 8.54. The Balaban J connectivity index is 3.22. The van der Waals surface area contributed by atoms with Crippen LogP contribution in [0.15, 0.2) is 24.0 Å². The molecule has 0 aromatic heterocycles. The highest BCUT2D eigenvalue weighted by Gasteiger charge is 2.56. The highest BCUT2D eigenvalue weighted by Crippen LogP contribution is 2.34. The summed E-state index contributed by atoms with van der Waals surface area (Å²) in [5.74, 6) is -0.672. The molecule has 0 amide bonds. The standard InChI is InChI=1S/C9H13NO5/c1-14-8-5-3-4-7(6-11)9(8,15-2)10(12)13/h3-5,7,11H,6H2,1-2H3. The number of rotatable bonds is 4. The number of ether oxygens (including phenoxy) is 2. The molecule has 2 atom stereocenters. The number of allylic oxidation sites excluding steroid dienone is 2. The maximum atomic E-state index is 11.1. The molecular weight excluding hydrogens is 202 g/mol. The van der Waals surface area contributed by atoms with Crippen LogP contribution >= 0.6 is 0 Å². The maximum absolute atomic E-state index is 11.1. The molecule has 1 rings (SSSR count). The predicted octanol–water partition coefficient (Wildman–Crippen LogP) is 0.314. The van der Waals surface area contributed by atoms with Crippen molar-refractivity contribution in [2.45, 2.75) is 5.72 Å². The van der Waals surface area contributed by atoms with E-state index in [4.69, 9.17) is 14.6 Å². The number of aliphatic hydroxyl groups is 1. The lowest BCUT2D eigenvalue weighted by Gasteiger charge is -2.31. The number of hydrogen-bond donors (Lipinski definition) is 1. The van der Waals surface area contributed by atoms with E-state index >= 15 is 0 Å². The van der Waals surface area contributed by atoms with Crippen molar-refractivity contribution < 1.29 is 19.5 Å². The molecule has 6 heteroatoms. The van der Waals surface area contributed by atoms with E-state index in [2.05, 4.69) is 0 Å². The van der Waals surface area contributed by atoms with Crippen molar-refractivity contribution in [2.75, 3.05) is 20.8 Å². The van der Waals surface area contributed by atoms with Gasteiger partial charge in [0.1, 0.15) is 5.92 Å². The summed E-state index contributed by atoms with van der Waals surface area (Å²) in [6.07, 6.45) is 4.58. The molecule has 84 valence electrons. The molecule has 0 aliphatic heterocycles. The molecule has 2 unspecified atom stereocenters. The van der Waals surface area contributed by atoms with Crippen molar-refractivity contribution in [1.29, 1.82) is 0 Å². The SMILES string of the molecule is COC1=CC=CC(CO)C1(OC)[N+](=O)[O-]. The van der Waals surface area contributed by atoms with Gasteiger partial charge in [-0.3, -0.25) is 10.1 Å². The summed E-state index contributed by atoms with van der Waals surface area (Å²) < 4.78 is 9.87. The fourth-order valence-corrected chi connectivity index (χ4v) is 1.66. The van der Waals surface area contributed by atoms with Gasteiger partial charge in [-0.15, -0.1) is 0 Å². The quantitative estimate of drug-likeness (QED) is 0.414. The van der Waals surface area contributed by atoms with Crippen molar-refractivity contribution in [2.24, 2.45) is 5.92 Å². The number of methoxy groups -OCH3 is 2. The first-order valence-corrected chi connectivity index (χ1v) is 4.37. The summed E-state index contributed by atoms with van der Waals surface area (Å²) in [4.78, 5) is 10.5. The molecule has 0 heterocycles. The number of hydrogen-bond acceptors (Lipinski definition) is 5. The average Bonchev–Trinajstić information content (AvgIpc) is 2.26. The maximum Gasteiger partial charge on any atom is 0.391 e. The van der Waals surface area contributed by atoms with Crippen LogP contribution in [0.2, 0.25) is 0 Å². The van der Waals surface area contributed by atoms with Crippen LogP contribution in [0, 0.1) is 16.0 Å². The van der Waals surface area contributed by atoms with Crippen LogP contribution in [-0.2, 0) is 9.47 Å². The zero-order chi connectivity index (χ0) is 11.5. The van der Waals surface area contributed by atoms with E-state index in [1.165, 1.54) is 26.4 Å². The number of nitro groups is 1. The zero-order valence-corrected chi connectivity index (χ0v) is 8.54. The minimum absolute atomic E-state index is 0.0801. The lowest BCUT2D eigenvalue weighted by molar-refractivity contribution is -0.629. The summed E-state index contributed by atoms with van der Waals surface area (Å²) in [6, 6.07) is 0. The lowest BCUT2D eigenvalue weighted by atomic mass is 9.90. The third-order valence-corrected chi connectivity index (χ3v) is 2.45. The van der Waals surface area contributed by atoms with Gasteiger partial charge in [0, 0.05) is 7.11 Å². The summed E-state index contributed by atoms with van der Waals surface area (Å²) in [5.41, 5.74) is -1.82. The van der Waals surface area contributed by atoms with Crippen LogP contribution in [0.3, 0.4) is 0 Å². The van der Waals surface area contributed by atoms with Gasteiger partial charge in [-0.25, -0.2) is 0 Å². The van der Waals surface area contributed by atoms with E-state index in [1.807, 2.05) is 0 Å². The second kappa shape index (κ2) is 4.41. The Hall–Kier alpha value is -1.40. The van der Waals surface area contributed by atoms with Gasteiger partial charge in [0.2, 0.25) is 5.76 Å². The molecule has 0 fully saturated rings. The monoisotopic (exact) mass is 215 g/mol. The summed E-state index contributed by atoms with van der Waals surface area (Å²) in [7, 11) is 2.55. The molecule has 0 radical (unpaired) electrons. The van der Waals surface area contributed by atoms with E-state index in [1.54, 1.807) is 6.08 Å². The number of nitrogens with zero attached hydrogens (tertiary/aromatic N) is 1. The predicted molar refractivity (Wildman–Crippen MR) is 51.5 cm³/mol. The Morgan fingerprint density at radius 3 is 2.73 bits per heavy atom. The molecule has 1 aliphatic rings. The van der Waals surface area contributed by atoms with Crippen LogP contribution in [0.1, 0.15) is 0 Å². The van der Waals surface area contributed by atoms with Gasteiger partial charge in [0.15, 0.2) is 0 Å². The molecular formula is C9H13NO5. The number of aliphatic hydroxyl groups excluding tert-OH is 1. The van der Waals surface area contributed by atoms with Crippen molar-refractivity contribution in [3.05, 3.63) is 34.1 Å². The Labute approximate surface area is 86.9 Å². The van der Waals surface area contributed by atoms with E-state index in [-0.39, 0.29) is 12.4 Å². The second-order valence-corrected chi connectivity index (χ2v) is 3.07. The first-order chi connectivity index (χ1) is 7.13. The fraction of sp³-hybridized carbons (Fsp3) is 0.556. The van der Waals surface area contributed by atoms with Crippen LogP contribution < -0.4 is 0 Å². The minimum Gasteiger partial charge on any atom is -0.492 e. The highest BCUT2D eigenvalue weighted by atomic mass is 16.7. The van der Waals surface area contributed by atoms with Crippen LogP contribution in [0.5, 0.6) is 0 Å². The topological polar surface area (TPSA) is 81.8 Å². The second-order valence-electron chi connectivity index (χ2n) is 3.07. The third-order valence-electron chi connectivity index (χ3n) is 2.45. The van der Waals surface area contributed by atoms with Crippen molar-refractivity contribution in [3.8, 4) is 0 Å². The molecule has 0 aromatic carbocycles. The fourth-order valence-electron chi connectivity index (χ4n) is 1.66. The van der Waals surface area contributed by atoms with E-state index in [0.29, 0.717) is 0 Å². The Bertz CT molecular complexity index is 312. The molecule has 6 nitrogen and oxygen atoms in total. The largest absolute Gasteiger partial charge is 0.492 e. The normalized spacial score (nSPS) is 29.8. The van der Waals surface area contributed by atoms with Gasteiger partial charge in [0.25, 0.3) is 0 Å². The Kier molecular flexibility index (Phi) is 3.43. The van der Waals surface area contributed by atoms with Crippen molar-refractivity contribution in [3.63, 3.8) is 0 Å². The van der Waals surface area contributed by atoms with Crippen LogP contribution in [-0.4, -0.2) is 36.6 Å². The Morgan fingerprint density at radius 2 is 2.33 bits per heavy atom. The van der Waals surface area contributed by atoms with Gasteiger partial charge >= 0.3 is 5.72 Å². The average molecular weight is 215 g/mol. The first kappa shape index (κ1) is 11.7. The first-order valence-electron chi connectivity index (χ1n) is 4.37. The van der Waals surface area contributed by atoms with Gasteiger partial charge in [-0.1, -0.05) is 12.2 Å². The van der Waals surface area contributed by atoms with E-state index in [9.17, 15) is 10.1 Å². The molecule has 0 aromatic rings. The van der Waals surface area contributed by atoms with Crippen molar-refractivity contribution >= 4 is 0 Å². The van der Waals surface area contributed by atoms with E-state index < -0.39 is 16.6 Å². The van der Waals surface area contributed by atoms with Gasteiger partial charge < -0.3 is 14.6 Å².